The second kappa shape index (κ2) is 11.4. The van der Waals surface area contributed by atoms with E-state index < -0.39 is 17.7 Å². The summed E-state index contributed by atoms with van der Waals surface area (Å²) in [6.45, 7) is 3.13. The fourth-order valence-electron chi connectivity index (χ4n) is 5.20. The highest BCUT2D eigenvalue weighted by molar-refractivity contribution is 7.22. The third-order valence-electron chi connectivity index (χ3n) is 7.13. The van der Waals surface area contributed by atoms with E-state index in [1.54, 1.807) is 42.5 Å². The minimum atomic E-state index is -1.09. The Kier molecular flexibility index (Phi) is 7.45. The quantitative estimate of drug-likeness (QED) is 0.165. The number of hydrogen-bond acceptors (Lipinski definition) is 11. The van der Waals surface area contributed by atoms with Gasteiger partial charge in [-0.15, -0.1) is 0 Å². The number of ketones is 1. The molecule has 0 unspecified atom stereocenters. The van der Waals surface area contributed by atoms with Crippen LogP contribution in [-0.2, 0) is 9.59 Å². The van der Waals surface area contributed by atoms with Gasteiger partial charge in [-0.05, 0) is 61.0 Å². The van der Waals surface area contributed by atoms with Crippen molar-refractivity contribution in [1.29, 1.82) is 0 Å². The maximum absolute atomic E-state index is 13.8. The minimum Gasteiger partial charge on any atom is -0.507 e. The van der Waals surface area contributed by atoms with E-state index in [9.17, 15) is 14.7 Å². The second-order valence-corrected chi connectivity index (χ2v) is 10.6. The Morgan fingerprint density at radius 1 is 0.977 bits per heavy atom. The monoisotopic (exact) mass is 604 g/mol. The van der Waals surface area contributed by atoms with Gasteiger partial charge in [-0.1, -0.05) is 11.3 Å². The number of amides is 1. The van der Waals surface area contributed by atoms with Crippen LogP contribution < -0.4 is 33.3 Å². The molecule has 1 atom stereocenters. The van der Waals surface area contributed by atoms with Crippen molar-refractivity contribution in [2.45, 2.75) is 13.0 Å². The van der Waals surface area contributed by atoms with Crippen molar-refractivity contribution >= 4 is 44.1 Å². The van der Waals surface area contributed by atoms with Crippen molar-refractivity contribution in [2.75, 3.05) is 46.0 Å². The van der Waals surface area contributed by atoms with Gasteiger partial charge in [0.15, 0.2) is 28.1 Å². The molecule has 12 heteroatoms. The first-order chi connectivity index (χ1) is 20.9. The molecule has 1 N–H and O–H groups in total. The Hall–Kier alpha value is -4.97. The normalized spacial score (nSPS) is 17.3. The molecule has 11 nitrogen and oxygen atoms in total. The van der Waals surface area contributed by atoms with Crippen LogP contribution in [0.5, 0.6) is 34.5 Å². The van der Waals surface area contributed by atoms with E-state index in [1.807, 2.05) is 13.0 Å². The lowest BCUT2D eigenvalue weighted by Gasteiger charge is -2.25. The number of methoxy groups -OCH3 is 3. The van der Waals surface area contributed by atoms with Crippen molar-refractivity contribution in [1.82, 2.24) is 4.98 Å². The minimum absolute atomic E-state index is 0.134. The number of aliphatic hydroxyl groups is 1. The molecule has 0 aliphatic carbocycles. The van der Waals surface area contributed by atoms with Gasteiger partial charge >= 0.3 is 5.91 Å². The number of anilines is 1. The Labute approximate surface area is 250 Å². The average molecular weight is 605 g/mol. The zero-order valence-corrected chi connectivity index (χ0v) is 24.6. The molecule has 6 rings (SSSR count). The van der Waals surface area contributed by atoms with Gasteiger partial charge in [0, 0.05) is 5.56 Å². The van der Waals surface area contributed by atoms with Gasteiger partial charge in [0.2, 0.25) is 5.75 Å². The smallest absolute Gasteiger partial charge is 0.301 e. The third-order valence-corrected chi connectivity index (χ3v) is 8.15. The zero-order chi connectivity index (χ0) is 30.2. The summed E-state index contributed by atoms with van der Waals surface area (Å²) < 4.78 is 34.3. The van der Waals surface area contributed by atoms with E-state index in [1.165, 1.54) is 37.6 Å². The van der Waals surface area contributed by atoms with Gasteiger partial charge in [-0.25, -0.2) is 4.98 Å². The second-order valence-electron chi connectivity index (χ2n) is 9.55. The zero-order valence-electron chi connectivity index (χ0n) is 23.8. The average Bonchev–Trinajstić information content (AvgIpc) is 3.57. The van der Waals surface area contributed by atoms with Crippen molar-refractivity contribution < 1.29 is 43.1 Å². The summed E-state index contributed by atoms with van der Waals surface area (Å²) in [5.41, 5.74) is 1.21. The number of aromatic nitrogens is 1. The predicted octanol–water partition coefficient (Wildman–Crippen LogP) is 5.12. The lowest BCUT2D eigenvalue weighted by molar-refractivity contribution is -0.132. The molecule has 0 saturated carbocycles. The first-order valence-corrected chi connectivity index (χ1v) is 14.2. The molecule has 2 aliphatic rings. The van der Waals surface area contributed by atoms with Gasteiger partial charge in [0.25, 0.3) is 5.78 Å². The SMILES string of the molecule is CCOc1ccc2nc(N3C(=O)C(=O)/C(=C(/O)c4ccc5c(c4)OCCO5)[C@@H]3c3cc(OC)c(OC)c(OC)c3)sc2c1. The summed E-state index contributed by atoms with van der Waals surface area (Å²) in [5.74, 6) is 0.460. The van der Waals surface area contributed by atoms with E-state index in [2.05, 4.69) is 4.98 Å². The number of thiazole rings is 1. The highest BCUT2D eigenvalue weighted by Crippen LogP contribution is 2.48. The molecule has 2 aliphatic heterocycles. The van der Waals surface area contributed by atoms with Crippen LogP contribution in [0.25, 0.3) is 16.0 Å². The summed E-state index contributed by atoms with van der Waals surface area (Å²) in [6.07, 6.45) is 0. The van der Waals surface area contributed by atoms with Crippen molar-refractivity contribution in [3.05, 3.63) is 65.2 Å². The number of carbonyl (C=O) groups excluding carboxylic acids is 2. The molecule has 43 heavy (non-hydrogen) atoms. The Morgan fingerprint density at radius 2 is 1.70 bits per heavy atom. The molecule has 3 heterocycles. The first-order valence-electron chi connectivity index (χ1n) is 13.4. The van der Waals surface area contributed by atoms with E-state index in [-0.39, 0.29) is 22.0 Å². The number of aliphatic hydroxyl groups excluding tert-OH is 1. The Balaban J connectivity index is 1.57. The summed E-state index contributed by atoms with van der Waals surface area (Å²) in [4.78, 5) is 33.5. The van der Waals surface area contributed by atoms with Gasteiger partial charge < -0.3 is 33.5 Å². The van der Waals surface area contributed by atoms with Gasteiger partial charge in [-0.3, -0.25) is 14.5 Å². The highest BCUT2D eigenvalue weighted by atomic mass is 32.1. The summed E-state index contributed by atoms with van der Waals surface area (Å²) in [5, 5.41) is 11.9. The number of hydrogen-bond donors (Lipinski definition) is 1. The van der Waals surface area contributed by atoms with Crippen molar-refractivity contribution in [2.24, 2.45) is 0 Å². The van der Waals surface area contributed by atoms with Gasteiger partial charge in [-0.2, -0.15) is 0 Å². The van der Waals surface area contributed by atoms with Gasteiger partial charge in [0.1, 0.15) is 24.7 Å². The van der Waals surface area contributed by atoms with Crippen LogP contribution in [0.3, 0.4) is 0 Å². The van der Waals surface area contributed by atoms with Crippen LogP contribution in [0.1, 0.15) is 24.1 Å². The van der Waals surface area contributed by atoms with Crippen LogP contribution in [-0.4, -0.2) is 62.9 Å². The number of Topliss-reactive ketones (excluding diaryl/α,β-unsaturated/α-hetero) is 1. The van der Waals surface area contributed by atoms with E-state index in [0.29, 0.717) is 65.4 Å². The number of fused-ring (bicyclic) bond motifs is 2. The van der Waals surface area contributed by atoms with Crippen LogP contribution in [0.15, 0.2) is 54.1 Å². The van der Waals surface area contributed by atoms with Gasteiger partial charge in [0.05, 0.1) is 49.8 Å². The van der Waals surface area contributed by atoms with Crippen LogP contribution in [0.4, 0.5) is 5.13 Å². The maximum atomic E-state index is 13.8. The molecule has 1 saturated heterocycles. The Bertz CT molecular complexity index is 1760. The summed E-state index contributed by atoms with van der Waals surface area (Å²) >= 11 is 1.23. The third kappa shape index (κ3) is 4.83. The molecule has 1 fully saturated rings. The molecule has 4 aromatic rings. The summed E-state index contributed by atoms with van der Waals surface area (Å²) in [7, 11) is 4.42. The molecule has 0 bridgehead atoms. The summed E-state index contributed by atoms with van der Waals surface area (Å²) in [6, 6.07) is 12.4. The molecule has 1 aromatic heterocycles. The van der Waals surface area contributed by atoms with Crippen molar-refractivity contribution in [3.63, 3.8) is 0 Å². The number of rotatable bonds is 8. The maximum Gasteiger partial charge on any atom is 0.301 e. The number of nitrogens with zero attached hydrogens (tertiary/aromatic N) is 2. The lowest BCUT2D eigenvalue weighted by atomic mass is 9.94. The molecule has 1 amide bonds. The standard InChI is InChI=1S/C31H28N2O9S/c1-5-40-18-7-8-19-24(15-18)43-31(32-19)33-26(17-13-22(37-2)29(39-4)23(14-17)38-3)25(28(35)30(33)36)27(34)16-6-9-20-21(12-16)42-11-10-41-20/h6-9,12-15,26,34H,5,10-11H2,1-4H3/b27-25+/t26-/m0/s1. The van der Waals surface area contributed by atoms with Crippen LogP contribution in [0.2, 0.25) is 0 Å². The molecular weight excluding hydrogens is 576 g/mol. The van der Waals surface area contributed by atoms with E-state index >= 15 is 0 Å². The predicted molar refractivity (Wildman–Crippen MR) is 159 cm³/mol. The van der Waals surface area contributed by atoms with Crippen molar-refractivity contribution in [3.8, 4) is 34.5 Å². The van der Waals surface area contributed by atoms with Crippen LogP contribution >= 0.6 is 11.3 Å². The fourth-order valence-corrected chi connectivity index (χ4v) is 6.22. The number of carbonyl (C=O) groups is 2. The molecule has 0 radical (unpaired) electrons. The molecule has 3 aromatic carbocycles. The molecular formula is C31H28N2O9S. The number of benzene rings is 3. The molecule has 222 valence electrons. The molecule has 0 spiro atoms. The first kappa shape index (κ1) is 28.2. The fraction of sp³-hybridized carbons (Fsp3) is 0.258. The highest BCUT2D eigenvalue weighted by Gasteiger charge is 2.48. The topological polar surface area (TPSA) is 126 Å². The van der Waals surface area contributed by atoms with E-state index in [4.69, 9.17) is 28.4 Å². The lowest BCUT2D eigenvalue weighted by Crippen LogP contribution is -2.29. The largest absolute Gasteiger partial charge is 0.507 e. The Morgan fingerprint density at radius 3 is 2.37 bits per heavy atom. The van der Waals surface area contributed by atoms with E-state index in [0.717, 1.165) is 4.70 Å². The number of ether oxygens (including phenoxy) is 6. The van der Waals surface area contributed by atoms with Crippen LogP contribution in [0, 0.1) is 0 Å².